The molecule has 2 unspecified atom stereocenters. The summed E-state index contributed by atoms with van der Waals surface area (Å²) in [7, 11) is 0. The molecule has 0 spiro atoms. The molecule has 0 bridgehead atoms. The highest BCUT2D eigenvalue weighted by Gasteiger charge is 2.26. The van der Waals surface area contributed by atoms with Gasteiger partial charge in [0, 0.05) is 24.4 Å². The molecule has 2 atom stereocenters. The summed E-state index contributed by atoms with van der Waals surface area (Å²) in [5.41, 5.74) is 1.33. The predicted molar refractivity (Wildman–Crippen MR) is 81.8 cm³/mol. The summed E-state index contributed by atoms with van der Waals surface area (Å²) in [5, 5.41) is 6.09. The van der Waals surface area contributed by atoms with Crippen molar-refractivity contribution >= 4 is 10.8 Å². The van der Waals surface area contributed by atoms with Gasteiger partial charge in [0.1, 0.15) is 0 Å². The van der Waals surface area contributed by atoms with Gasteiger partial charge in [-0.2, -0.15) is 0 Å². The quantitative estimate of drug-likeness (QED) is 0.924. The van der Waals surface area contributed by atoms with E-state index in [4.69, 9.17) is 4.74 Å². The second kappa shape index (κ2) is 6.33. The zero-order chi connectivity index (χ0) is 13.8. The normalized spacial score (nSPS) is 20.9. The third-order valence-corrected chi connectivity index (χ3v) is 4.06. The minimum Gasteiger partial charge on any atom is -0.376 e. The van der Waals surface area contributed by atoms with Crippen LogP contribution in [0.3, 0.4) is 0 Å². The van der Waals surface area contributed by atoms with Crippen molar-refractivity contribution in [3.05, 3.63) is 42.2 Å². The van der Waals surface area contributed by atoms with Gasteiger partial charge >= 0.3 is 0 Å². The van der Waals surface area contributed by atoms with Crippen LogP contribution in [0.2, 0.25) is 0 Å². The fraction of sp³-hybridized carbons (Fsp3) is 0.471. The third kappa shape index (κ3) is 2.69. The number of rotatable bonds is 4. The minimum absolute atomic E-state index is 0.270. The van der Waals surface area contributed by atoms with Gasteiger partial charge in [0.2, 0.25) is 0 Å². The highest BCUT2D eigenvalue weighted by atomic mass is 16.5. The SMILES string of the molecule is CCNC(c1cccc2cnccc12)C1CCCCO1. The first-order valence-corrected chi connectivity index (χ1v) is 7.58. The lowest BCUT2D eigenvalue weighted by Crippen LogP contribution is -2.36. The highest BCUT2D eigenvalue weighted by molar-refractivity contribution is 5.85. The van der Waals surface area contributed by atoms with E-state index in [-0.39, 0.29) is 12.1 Å². The number of pyridine rings is 1. The molecule has 0 radical (unpaired) electrons. The topological polar surface area (TPSA) is 34.2 Å². The number of aromatic nitrogens is 1. The Balaban J connectivity index is 2.00. The van der Waals surface area contributed by atoms with Gasteiger partial charge in [0.15, 0.2) is 0 Å². The summed E-state index contributed by atoms with van der Waals surface area (Å²) in [6, 6.07) is 8.83. The van der Waals surface area contributed by atoms with E-state index in [1.54, 1.807) is 0 Å². The van der Waals surface area contributed by atoms with Gasteiger partial charge in [-0.3, -0.25) is 4.98 Å². The third-order valence-electron chi connectivity index (χ3n) is 4.06. The van der Waals surface area contributed by atoms with Gasteiger partial charge in [0.25, 0.3) is 0 Å². The summed E-state index contributed by atoms with van der Waals surface area (Å²) in [4.78, 5) is 4.22. The van der Waals surface area contributed by atoms with E-state index in [0.717, 1.165) is 19.6 Å². The van der Waals surface area contributed by atoms with Crippen molar-refractivity contribution in [1.82, 2.24) is 10.3 Å². The Morgan fingerprint density at radius 3 is 3.10 bits per heavy atom. The zero-order valence-corrected chi connectivity index (χ0v) is 12.0. The largest absolute Gasteiger partial charge is 0.376 e. The van der Waals surface area contributed by atoms with Crippen molar-refractivity contribution < 1.29 is 4.74 Å². The zero-order valence-electron chi connectivity index (χ0n) is 12.0. The maximum absolute atomic E-state index is 6.02. The van der Waals surface area contributed by atoms with E-state index >= 15 is 0 Å². The van der Waals surface area contributed by atoms with Crippen molar-refractivity contribution in [2.24, 2.45) is 0 Å². The molecule has 3 nitrogen and oxygen atoms in total. The number of fused-ring (bicyclic) bond motifs is 1. The number of nitrogens with one attached hydrogen (secondary N) is 1. The first-order chi connectivity index (χ1) is 9.90. The molecule has 1 aliphatic heterocycles. The van der Waals surface area contributed by atoms with Gasteiger partial charge in [-0.25, -0.2) is 0 Å². The Morgan fingerprint density at radius 2 is 2.30 bits per heavy atom. The van der Waals surface area contributed by atoms with Crippen LogP contribution in [0.15, 0.2) is 36.7 Å². The van der Waals surface area contributed by atoms with Crippen LogP contribution in [0.1, 0.15) is 37.8 Å². The van der Waals surface area contributed by atoms with E-state index in [0.29, 0.717) is 0 Å². The van der Waals surface area contributed by atoms with Crippen molar-refractivity contribution in [2.45, 2.75) is 38.3 Å². The van der Waals surface area contributed by atoms with Crippen LogP contribution >= 0.6 is 0 Å². The van der Waals surface area contributed by atoms with E-state index in [9.17, 15) is 0 Å². The molecular weight excluding hydrogens is 248 g/mol. The molecular formula is C17H22N2O. The highest BCUT2D eigenvalue weighted by Crippen LogP contribution is 2.30. The number of likely N-dealkylation sites (N-methyl/N-ethyl adjacent to an activating group) is 1. The monoisotopic (exact) mass is 270 g/mol. The van der Waals surface area contributed by atoms with Gasteiger partial charge in [-0.15, -0.1) is 0 Å². The van der Waals surface area contributed by atoms with Crippen LogP contribution in [0.5, 0.6) is 0 Å². The Morgan fingerprint density at radius 1 is 1.35 bits per heavy atom. The van der Waals surface area contributed by atoms with Crippen LogP contribution < -0.4 is 5.32 Å². The van der Waals surface area contributed by atoms with Crippen LogP contribution in [0.4, 0.5) is 0 Å². The minimum atomic E-state index is 0.270. The summed E-state index contributed by atoms with van der Waals surface area (Å²) in [6.07, 6.45) is 7.68. The summed E-state index contributed by atoms with van der Waals surface area (Å²) in [6.45, 7) is 3.99. The molecule has 0 amide bonds. The van der Waals surface area contributed by atoms with Gasteiger partial charge in [-0.05, 0) is 42.8 Å². The molecule has 20 heavy (non-hydrogen) atoms. The molecule has 2 aromatic rings. The van der Waals surface area contributed by atoms with E-state index in [1.807, 2.05) is 12.4 Å². The smallest absolute Gasteiger partial charge is 0.0769 e. The van der Waals surface area contributed by atoms with Gasteiger partial charge in [0.05, 0.1) is 12.1 Å². The van der Waals surface area contributed by atoms with Gasteiger partial charge in [-0.1, -0.05) is 25.1 Å². The summed E-state index contributed by atoms with van der Waals surface area (Å²) in [5.74, 6) is 0. The fourth-order valence-corrected chi connectivity index (χ4v) is 3.11. The number of hydrogen-bond acceptors (Lipinski definition) is 3. The molecule has 1 N–H and O–H groups in total. The van der Waals surface area contributed by atoms with E-state index in [2.05, 4.69) is 41.5 Å². The molecule has 1 saturated heterocycles. The molecule has 0 saturated carbocycles. The first kappa shape index (κ1) is 13.5. The number of hydrogen-bond donors (Lipinski definition) is 1. The number of ether oxygens (including phenoxy) is 1. The maximum Gasteiger partial charge on any atom is 0.0769 e. The lowest BCUT2D eigenvalue weighted by atomic mass is 9.92. The molecule has 3 heteroatoms. The van der Waals surface area contributed by atoms with Crippen molar-refractivity contribution in [3.63, 3.8) is 0 Å². The molecule has 1 aromatic carbocycles. The average Bonchev–Trinajstić information content (AvgIpc) is 2.53. The van der Waals surface area contributed by atoms with Crippen LogP contribution in [0.25, 0.3) is 10.8 Å². The second-order valence-electron chi connectivity index (χ2n) is 5.38. The molecule has 106 valence electrons. The number of benzene rings is 1. The van der Waals surface area contributed by atoms with Crippen molar-refractivity contribution in [2.75, 3.05) is 13.2 Å². The van der Waals surface area contributed by atoms with Crippen LogP contribution in [-0.2, 0) is 4.74 Å². The number of nitrogens with zero attached hydrogens (tertiary/aromatic N) is 1. The first-order valence-electron chi connectivity index (χ1n) is 7.58. The molecule has 1 fully saturated rings. The van der Waals surface area contributed by atoms with Crippen LogP contribution in [0, 0.1) is 0 Å². The molecule has 1 aliphatic rings. The lowest BCUT2D eigenvalue weighted by Gasteiger charge is -2.32. The fourth-order valence-electron chi connectivity index (χ4n) is 3.11. The Kier molecular flexibility index (Phi) is 4.28. The summed E-state index contributed by atoms with van der Waals surface area (Å²) < 4.78 is 6.02. The Bertz CT molecular complexity index is 558. The average molecular weight is 270 g/mol. The van der Waals surface area contributed by atoms with Crippen molar-refractivity contribution in [1.29, 1.82) is 0 Å². The van der Waals surface area contributed by atoms with Crippen LogP contribution in [-0.4, -0.2) is 24.2 Å². The Labute approximate surface area is 120 Å². The molecule has 2 heterocycles. The molecule has 1 aromatic heterocycles. The summed E-state index contributed by atoms with van der Waals surface area (Å²) >= 11 is 0. The maximum atomic E-state index is 6.02. The molecule has 0 aliphatic carbocycles. The lowest BCUT2D eigenvalue weighted by molar-refractivity contribution is -0.00756. The second-order valence-corrected chi connectivity index (χ2v) is 5.38. The van der Waals surface area contributed by atoms with E-state index in [1.165, 1.54) is 29.2 Å². The van der Waals surface area contributed by atoms with Crippen molar-refractivity contribution in [3.8, 4) is 0 Å². The Hall–Kier alpha value is -1.45. The van der Waals surface area contributed by atoms with E-state index < -0.39 is 0 Å². The standard InChI is InChI=1S/C17H22N2O/c1-2-19-17(16-8-3-4-11-20-16)15-7-5-6-13-12-18-10-9-14(13)15/h5-7,9-10,12,16-17,19H,2-4,8,11H2,1H3. The predicted octanol–water partition coefficient (Wildman–Crippen LogP) is 3.45. The molecule has 3 rings (SSSR count). The van der Waals surface area contributed by atoms with Gasteiger partial charge < -0.3 is 10.1 Å².